The van der Waals surface area contributed by atoms with Crippen LogP contribution in [0.3, 0.4) is 0 Å². The van der Waals surface area contributed by atoms with Crippen LogP contribution in [0.4, 0.5) is 0 Å². The molecule has 0 radical (unpaired) electrons. The predicted molar refractivity (Wildman–Crippen MR) is 152 cm³/mol. The molecule has 4 rings (SSSR count). The summed E-state index contributed by atoms with van der Waals surface area (Å²) < 4.78 is 16.2. The highest BCUT2D eigenvalue weighted by Crippen LogP contribution is 2.35. The lowest BCUT2D eigenvalue weighted by Gasteiger charge is -2.16. The lowest BCUT2D eigenvalue weighted by Crippen LogP contribution is -2.16. The molecular weight excluding hydrogens is 480 g/mol. The van der Waals surface area contributed by atoms with E-state index in [2.05, 4.69) is 6.92 Å². The Labute approximate surface area is 223 Å². The Kier molecular flexibility index (Phi) is 9.31. The molecule has 2 heterocycles. The van der Waals surface area contributed by atoms with Gasteiger partial charge in [-0.1, -0.05) is 73.1 Å². The van der Waals surface area contributed by atoms with Crippen molar-refractivity contribution < 1.29 is 18.4 Å². The van der Waals surface area contributed by atoms with E-state index in [1.165, 1.54) is 6.07 Å². The highest BCUT2D eigenvalue weighted by atomic mass is 16.5. The van der Waals surface area contributed by atoms with Gasteiger partial charge in [-0.25, -0.2) is 9.59 Å². The van der Waals surface area contributed by atoms with Crippen molar-refractivity contribution >= 4 is 27.9 Å². The molecule has 0 aliphatic carbocycles. The minimum atomic E-state index is -0.394. The van der Waals surface area contributed by atoms with Crippen molar-refractivity contribution in [3.05, 3.63) is 85.6 Å². The molecule has 0 saturated heterocycles. The summed E-state index contributed by atoms with van der Waals surface area (Å²) >= 11 is 0. The second-order valence-corrected chi connectivity index (χ2v) is 10.5. The van der Waals surface area contributed by atoms with Gasteiger partial charge in [-0.3, -0.25) is 4.79 Å². The van der Waals surface area contributed by atoms with Gasteiger partial charge in [-0.2, -0.15) is 0 Å². The lowest BCUT2D eigenvalue weighted by molar-refractivity contribution is -0.137. The van der Waals surface area contributed by atoms with E-state index < -0.39 is 5.63 Å². The fraction of sp³-hybridized carbons (Fsp3) is 0.406. The highest BCUT2D eigenvalue weighted by Gasteiger charge is 2.20. The van der Waals surface area contributed by atoms with Crippen LogP contribution in [0.1, 0.15) is 89.0 Å². The first kappa shape index (κ1) is 28.9. The zero-order valence-electron chi connectivity index (χ0n) is 23.6. The number of aryl methyl sites for hydroxylation is 2. The van der Waals surface area contributed by atoms with Gasteiger partial charge in [0.2, 0.25) is 0 Å². The average Bonchev–Trinajstić information content (AvgIpc) is 2.83. The number of esters is 1. The second-order valence-electron chi connectivity index (χ2n) is 10.5. The summed E-state index contributed by atoms with van der Waals surface area (Å²) in [7, 11) is 0. The molecule has 0 fully saturated rings. The van der Waals surface area contributed by atoms with Crippen molar-refractivity contribution in [2.24, 2.45) is 5.92 Å². The van der Waals surface area contributed by atoms with E-state index in [9.17, 15) is 14.4 Å². The molecule has 0 bridgehead atoms. The molecule has 2 aromatic carbocycles. The Balaban J connectivity index is 0.000000215. The number of fused-ring (bicyclic) bond motifs is 2. The molecule has 0 saturated carbocycles. The highest BCUT2D eigenvalue weighted by molar-refractivity contribution is 5.87. The summed E-state index contributed by atoms with van der Waals surface area (Å²) in [5.41, 5.74) is 4.23. The van der Waals surface area contributed by atoms with Crippen LogP contribution >= 0.6 is 0 Å². The molecule has 0 aliphatic heterocycles. The third kappa shape index (κ3) is 6.24. The van der Waals surface area contributed by atoms with Crippen LogP contribution in [0.25, 0.3) is 21.9 Å². The molecule has 4 aromatic rings. The smallest absolute Gasteiger partial charge is 0.339 e. The van der Waals surface area contributed by atoms with Crippen LogP contribution in [0.2, 0.25) is 0 Å². The minimum Gasteiger partial charge on any atom is -0.426 e. The number of hydrogen-bond acceptors (Lipinski definition) is 6. The van der Waals surface area contributed by atoms with Crippen molar-refractivity contribution in [3.8, 4) is 5.75 Å². The van der Waals surface area contributed by atoms with Gasteiger partial charge in [-0.05, 0) is 54.5 Å². The summed E-state index contributed by atoms with van der Waals surface area (Å²) in [6, 6.07) is 12.8. The Morgan fingerprint density at radius 3 is 2.13 bits per heavy atom. The minimum absolute atomic E-state index is 0.0635. The predicted octanol–water partition coefficient (Wildman–Crippen LogP) is 7.66. The molecule has 202 valence electrons. The average molecular weight is 519 g/mol. The molecule has 0 aliphatic rings. The Hall–Kier alpha value is -3.67. The number of hydrogen-bond donors (Lipinski definition) is 0. The van der Waals surface area contributed by atoms with Crippen LogP contribution in [0, 0.1) is 12.8 Å². The maximum absolute atomic E-state index is 12.0. The number of rotatable bonds is 6. The summed E-state index contributed by atoms with van der Waals surface area (Å²) in [6.45, 7) is 15.6. The number of para-hydroxylation sites is 1. The molecule has 38 heavy (non-hydrogen) atoms. The van der Waals surface area contributed by atoms with E-state index in [0.29, 0.717) is 16.9 Å². The lowest BCUT2D eigenvalue weighted by atomic mass is 9.93. The molecule has 6 heteroatoms. The van der Waals surface area contributed by atoms with Crippen LogP contribution < -0.4 is 16.0 Å². The Morgan fingerprint density at radius 2 is 1.53 bits per heavy atom. The van der Waals surface area contributed by atoms with Gasteiger partial charge in [0, 0.05) is 28.0 Å². The zero-order chi connectivity index (χ0) is 28.1. The molecule has 0 atom stereocenters. The quantitative estimate of drug-likeness (QED) is 0.148. The molecule has 0 amide bonds. The van der Waals surface area contributed by atoms with Gasteiger partial charge in [0.25, 0.3) is 0 Å². The van der Waals surface area contributed by atoms with Crippen molar-refractivity contribution in [3.63, 3.8) is 0 Å². The standard InChI is InChI=1S/C17H20O4.C15H18O2/c1-9(2)15-13(20-17(19)10(3)4)7-6-12-11(5)8-14(18)21-16(12)15;1-4-7-12-11-8-5-6-9-13(11)17-15(16)14(12)10(2)3/h6-10H,1-5H3;5-6,8-10H,4,7H2,1-3H3. The van der Waals surface area contributed by atoms with Gasteiger partial charge in [0.15, 0.2) is 0 Å². The van der Waals surface area contributed by atoms with Crippen LogP contribution in [-0.2, 0) is 11.2 Å². The summed E-state index contributed by atoms with van der Waals surface area (Å²) in [5.74, 6) is 0.215. The summed E-state index contributed by atoms with van der Waals surface area (Å²) in [5, 5.41) is 1.94. The topological polar surface area (TPSA) is 86.7 Å². The molecular formula is C32H38O6. The van der Waals surface area contributed by atoms with E-state index in [1.54, 1.807) is 19.9 Å². The third-order valence-electron chi connectivity index (χ3n) is 6.41. The molecule has 0 unspecified atom stereocenters. The first-order chi connectivity index (χ1) is 18.0. The first-order valence-electron chi connectivity index (χ1n) is 13.3. The monoisotopic (exact) mass is 518 g/mol. The van der Waals surface area contributed by atoms with Crippen LogP contribution in [-0.4, -0.2) is 5.97 Å². The number of carbonyl (C=O) groups excluding carboxylic acids is 1. The Morgan fingerprint density at radius 1 is 0.868 bits per heavy atom. The summed E-state index contributed by atoms with van der Waals surface area (Å²) in [4.78, 5) is 35.5. The Bertz CT molecular complexity index is 1550. The van der Waals surface area contributed by atoms with Crippen molar-refractivity contribution in [2.75, 3.05) is 0 Å². The zero-order valence-corrected chi connectivity index (χ0v) is 23.6. The number of carbonyl (C=O) groups is 1. The molecule has 0 spiro atoms. The largest absolute Gasteiger partial charge is 0.426 e. The van der Waals surface area contributed by atoms with E-state index in [4.69, 9.17) is 13.6 Å². The maximum atomic E-state index is 12.0. The van der Waals surface area contributed by atoms with Crippen molar-refractivity contribution in [1.29, 1.82) is 0 Å². The molecule has 2 aromatic heterocycles. The fourth-order valence-corrected chi connectivity index (χ4v) is 4.58. The summed E-state index contributed by atoms with van der Waals surface area (Å²) in [6.07, 6.45) is 1.97. The third-order valence-corrected chi connectivity index (χ3v) is 6.41. The van der Waals surface area contributed by atoms with E-state index >= 15 is 0 Å². The van der Waals surface area contributed by atoms with Crippen molar-refractivity contribution in [1.82, 2.24) is 0 Å². The van der Waals surface area contributed by atoms with E-state index in [1.807, 2.05) is 65.0 Å². The number of benzene rings is 2. The van der Waals surface area contributed by atoms with Gasteiger partial charge in [0.05, 0.1) is 5.92 Å². The van der Waals surface area contributed by atoms with Gasteiger partial charge in [0.1, 0.15) is 16.9 Å². The van der Waals surface area contributed by atoms with Gasteiger partial charge < -0.3 is 13.6 Å². The normalized spacial score (nSPS) is 11.3. The van der Waals surface area contributed by atoms with Crippen LogP contribution in [0.15, 0.2) is 60.9 Å². The second kappa shape index (κ2) is 12.2. The van der Waals surface area contributed by atoms with E-state index in [0.717, 1.165) is 45.9 Å². The molecule has 0 N–H and O–H groups in total. The number of ether oxygens (including phenoxy) is 1. The fourth-order valence-electron chi connectivity index (χ4n) is 4.58. The van der Waals surface area contributed by atoms with Crippen LogP contribution in [0.5, 0.6) is 5.75 Å². The molecule has 6 nitrogen and oxygen atoms in total. The maximum Gasteiger partial charge on any atom is 0.339 e. The van der Waals surface area contributed by atoms with Gasteiger partial charge >= 0.3 is 17.2 Å². The SMILES string of the molecule is CCCc1c(C(C)C)c(=O)oc2ccccc12.Cc1cc(=O)oc2c(C(C)C)c(OC(=O)C(C)C)ccc12. The van der Waals surface area contributed by atoms with Crippen molar-refractivity contribution in [2.45, 2.75) is 80.1 Å². The van der Waals surface area contributed by atoms with E-state index in [-0.39, 0.29) is 29.3 Å². The first-order valence-corrected chi connectivity index (χ1v) is 13.3. The van der Waals surface area contributed by atoms with Gasteiger partial charge in [-0.15, -0.1) is 0 Å².